The lowest BCUT2D eigenvalue weighted by Gasteiger charge is -2.07. The first kappa shape index (κ1) is 20.9. The molecule has 0 fully saturated rings. The number of halogens is 1. The number of carbonyl (C=O) groups is 3. The highest BCUT2D eigenvalue weighted by Gasteiger charge is 2.20. The summed E-state index contributed by atoms with van der Waals surface area (Å²) >= 11 is 0. The number of aliphatic hydroxyl groups is 1. The van der Waals surface area contributed by atoms with E-state index < -0.39 is 17.6 Å². The number of hydrogen-bond donors (Lipinski definition) is 4. The molecule has 0 spiro atoms. The first-order valence-corrected chi connectivity index (χ1v) is 9.09. The van der Waals surface area contributed by atoms with Gasteiger partial charge in [0, 0.05) is 24.2 Å². The van der Waals surface area contributed by atoms with Gasteiger partial charge >= 0.3 is 0 Å². The van der Waals surface area contributed by atoms with Crippen molar-refractivity contribution in [3.05, 3.63) is 83.2 Å². The fourth-order valence-electron chi connectivity index (χ4n) is 2.72. The van der Waals surface area contributed by atoms with Gasteiger partial charge in [-0.3, -0.25) is 14.4 Å². The Kier molecular flexibility index (Phi) is 6.66. The number of H-pyrrole nitrogens is 1. The summed E-state index contributed by atoms with van der Waals surface area (Å²) < 4.78 is 13.0. The fraction of sp³-hybridized carbons (Fsp3) is 0.143. The van der Waals surface area contributed by atoms with E-state index >= 15 is 0 Å². The molecule has 0 aliphatic carbocycles. The number of ketones is 1. The third kappa shape index (κ3) is 5.15. The van der Waals surface area contributed by atoms with Crippen molar-refractivity contribution < 1.29 is 23.9 Å². The summed E-state index contributed by atoms with van der Waals surface area (Å²) in [7, 11) is 0. The van der Waals surface area contributed by atoms with E-state index in [9.17, 15) is 18.8 Å². The molecule has 0 radical (unpaired) electrons. The second-order valence-corrected chi connectivity index (χ2v) is 6.36. The van der Waals surface area contributed by atoms with Crippen molar-refractivity contribution in [2.24, 2.45) is 0 Å². The highest BCUT2D eigenvalue weighted by Crippen LogP contribution is 2.14. The summed E-state index contributed by atoms with van der Waals surface area (Å²) in [6.07, 6.45) is 1.36. The Morgan fingerprint density at radius 2 is 1.70 bits per heavy atom. The quantitative estimate of drug-likeness (QED) is 0.423. The number of amides is 2. The van der Waals surface area contributed by atoms with Gasteiger partial charge < -0.3 is 20.7 Å². The SMILES string of the molecule is O=C(Cc1ccc(NC(=O)c2nc[nH]c2C(=O)NCCO)cc1)c1ccc(F)cc1. The number of benzene rings is 2. The van der Waals surface area contributed by atoms with Crippen LogP contribution in [0.5, 0.6) is 0 Å². The topological polar surface area (TPSA) is 124 Å². The number of carbonyl (C=O) groups excluding carboxylic acids is 3. The van der Waals surface area contributed by atoms with Crippen molar-refractivity contribution in [3.63, 3.8) is 0 Å². The summed E-state index contributed by atoms with van der Waals surface area (Å²) in [4.78, 5) is 43.2. The van der Waals surface area contributed by atoms with Crippen molar-refractivity contribution >= 4 is 23.3 Å². The molecule has 0 unspecified atom stereocenters. The molecule has 30 heavy (non-hydrogen) atoms. The molecule has 1 heterocycles. The average Bonchev–Trinajstić information content (AvgIpc) is 3.24. The maximum atomic E-state index is 13.0. The lowest BCUT2D eigenvalue weighted by molar-refractivity contribution is 0.0927. The molecule has 0 bridgehead atoms. The van der Waals surface area contributed by atoms with Gasteiger partial charge in [-0.1, -0.05) is 12.1 Å². The van der Waals surface area contributed by atoms with Crippen LogP contribution in [0.25, 0.3) is 0 Å². The first-order valence-electron chi connectivity index (χ1n) is 9.09. The van der Waals surface area contributed by atoms with E-state index in [1.807, 2.05) is 0 Å². The van der Waals surface area contributed by atoms with Crippen LogP contribution in [-0.2, 0) is 6.42 Å². The van der Waals surface area contributed by atoms with Gasteiger partial charge in [0.1, 0.15) is 11.5 Å². The van der Waals surface area contributed by atoms with Crippen molar-refractivity contribution in [1.82, 2.24) is 15.3 Å². The molecule has 0 atom stereocenters. The molecule has 0 aliphatic rings. The molecule has 3 rings (SSSR count). The maximum absolute atomic E-state index is 13.0. The molecule has 9 heteroatoms. The van der Waals surface area contributed by atoms with E-state index in [0.717, 1.165) is 5.56 Å². The molecule has 0 saturated heterocycles. The zero-order valence-electron chi connectivity index (χ0n) is 15.8. The third-order valence-electron chi connectivity index (χ3n) is 4.22. The van der Waals surface area contributed by atoms with Crippen molar-refractivity contribution in [2.45, 2.75) is 6.42 Å². The molecule has 8 nitrogen and oxygen atoms in total. The van der Waals surface area contributed by atoms with Crippen LogP contribution in [0.4, 0.5) is 10.1 Å². The number of hydrogen-bond acceptors (Lipinski definition) is 5. The second kappa shape index (κ2) is 9.57. The lowest BCUT2D eigenvalue weighted by atomic mass is 10.0. The number of imidazole rings is 1. The summed E-state index contributed by atoms with van der Waals surface area (Å²) in [5.41, 5.74) is 1.51. The number of Topliss-reactive ketones (excluding diaryl/α,β-unsaturated/α-hetero) is 1. The van der Waals surface area contributed by atoms with E-state index in [2.05, 4.69) is 20.6 Å². The van der Waals surface area contributed by atoms with Crippen molar-refractivity contribution in [2.75, 3.05) is 18.5 Å². The number of aromatic nitrogens is 2. The van der Waals surface area contributed by atoms with E-state index in [4.69, 9.17) is 5.11 Å². The minimum Gasteiger partial charge on any atom is -0.395 e. The van der Waals surface area contributed by atoms with Crippen LogP contribution in [0.1, 0.15) is 36.9 Å². The van der Waals surface area contributed by atoms with Crippen LogP contribution >= 0.6 is 0 Å². The standard InChI is InChI=1S/C21H19FN4O4/c22-15-5-3-14(4-6-15)17(28)11-13-1-7-16(8-2-13)26-21(30)19-18(24-12-25-19)20(29)23-9-10-27/h1-8,12,27H,9-11H2,(H,23,29)(H,24,25)(H,26,30). The van der Waals surface area contributed by atoms with Crippen LogP contribution in [0.2, 0.25) is 0 Å². The molecule has 0 aliphatic heterocycles. The van der Waals surface area contributed by atoms with Crippen LogP contribution < -0.4 is 10.6 Å². The van der Waals surface area contributed by atoms with Crippen LogP contribution in [0.3, 0.4) is 0 Å². The van der Waals surface area contributed by atoms with Gasteiger partial charge in [0.05, 0.1) is 12.9 Å². The minimum absolute atomic E-state index is 0.0116. The molecule has 2 amide bonds. The van der Waals surface area contributed by atoms with Gasteiger partial charge in [-0.2, -0.15) is 0 Å². The first-order chi connectivity index (χ1) is 14.5. The van der Waals surface area contributed by atoms with Crippen LogP contribution in [-0.4, -0.2) is 45.8 Å². The summed E-state index contributed by atoms with van der Waals surface area (Å²) in [6, 6.07) is 12.0. The molecule has 2 aromatic carbocycles. The van der Waals surface area contributed by atoms with E-state index in [1.54, 1.807) is 24.3 Å². The van der Waals surface area contributed by atoms with Crippen LogP contribution in [0, 0.1) is 5.82 Å². The smallest absolute Gasteiger partial charge is 0.276 e. The molecule has 4 N–H and O–H groups in total. The normalized spacial score (nSPS) is 10.5. The van der Waals surface area contributed by atoms with Gasteiger partial charge in [-0.05, 0) is 42.0 Å². The molecule has 1 aromatic heterocycles. The molecule has 154 valence electrons. The zero-order valence-corrected chi connectivity index (χ0v) is 15.8. The predicted octanol–water partition coefficient (Wildman–Crippen LogP) is 1.95. The summed E-state index contributed by atoms with van der Waals surface area (Å²) in [5.74, 6) is -1.69. The van der Waals surface area contributed by atoms with Gasteiger partial charge in [0.2, 0.25) is 0 Å². The molecular formula is C21H19FN4O4. The lowest BCUT2D eigenvalue weighted by Crippen LogP contribution is -2.29. The Morgan fingerprint density at radius 1 is 1.00 bits per heavy atom. The van der Waals surface area contributed by atoms with Crippen LogP contribution in [0.15, 0.2) is 54.9 Å². The Hall–Kier alpha value is -3.85. The predicted molar refractivity (Wildman–Crippen MR) is 107 cm³/mol. The summed E-state index contributed by atoms with van der Waals surface area (Å²) in [5, 5.41) is 13.9. The number of rotatable bonds is 8. The second-order valence-electron chi connectivity index (χ2n) is 6.36. The van der Waals surface area contributed by atoms with Crippen molar-refractivity contribution in [1.29, 1.82) is 0 Å². The fourth-order valence-corrected chi connectivity index (χ4v) is 2.72. The Bertz CT molecular complexity index is 1050. The highest BCUT2D eigenvalue weighted by atomic mass is 19.1. The van der Waals surface area contributed by atoms with Gasteiger partial charge in [0.25, 0.3) is 11.8 Å². The molecule has 0 saturated carbocycles. The Morgan fingerprint density at radius 3 is 2.37 bits per heavy atom. The Labute approximate surface area is 171 Å². The van der Waals surface area contributed by atoms with E-state index in [0.29, 0.717) is 11.3 Å². The number of nitrogens with zero attached hydrogens (tertiary/aromatic N) is 1. The number of anilines is 1. The van der Waals surface area contributed by atoms with Gasteiger partial charge in [0.15, 0.2) is 11.5 Å². The monoisotopic (exact) mass is 410 g/mol. The number of aliphatic hydroxyl groups excluding tert-OH is 1. The zero-order chi connectivity index (χ0) is 21.5. The van der Waals surface area contributed by atoms with Gasteiger partial charge in [-0.15, -0.1) is 0 Å². The van der Waals surface area contributed by atoms with Crippen molar-refractivity contribution in [3.8, 4) is 0 Å². The third-order valence-corrected chi connectivity index (χ3v) is 4.22. The average molecular weight is 410 g/mol. The molecule has 3 aromatic rings. The van der Waals surface area contributed by atoms with Gasteiger partial charge in [-0.25, -0.2) is 9.37 Å². The Balaban J connectivity index is 1.63. The number of aromatic amines is 1. The highest BCUT2D eigenvalue weighted by molar-refractivity contribution is 6.10. The number of nitrogens with one attached hydrogen (secondary N) is 3. The largest absolute Gasteiger partial charge is 0.395 e. The summed E-state index contributed by atoms with van der Waals surface area (Å²) in [6.45, 7) is -0.172. The van der Waals surface area contributed by atoms with E-state index in [-0.39, 0.29) is 36.7 Å². The van der Waals surface area contributed by atoms with E-state index in [1.165, 1.54) is 30.6 Å². The molecular weight excluding hydrogens is 391 g/mol. The minimum atomic E-state index is -0.583. The maximum Gasteiger partial charge on any atom is 0.276 e.